The first-order valence-corrected chi connectivity index (χ1v) is 8.53. The summed E-state index contributed by atoms with van der Waals surface area (Å²) in [4.78, 5) is 36.1. The van der Waals surface area contributed by atoms with Crippen LogP contribution in [0.2, 0.25) is 0 Å². The molecule has 0 fully saturated rings. The summed E-state index contributed by atoms with van der Waals surface area (Å²) in [5.41, 5.74) is 6.57. The number of hydrogen-bond donors (Lipinski definition) is 4. The van der Waals surface area contributed by atoms with Gasteiger partial charge in [0.15, 0.2) is 0 Å². The second-order valence-electron chi connectivity index (χ2n) is 5.03. The van der Waals surface area contributed by atoms with Crippen LogP contribution in [0.3, 0.4) is 0 Å². The summed E-state index contributed by atoms with van der Waals surface area (Å²) in [6, 6.07) is 5.38. The van der Waals surface area contributed by atoms with Gasteiger partial charge in [0.05, 0.1) is 0 Å². The van der Waals surface area contributed by atoms with Crippen molar-refractivity contribution in [1.29, 1.82) is 5.41 Å². The number of amides is 3. The van der Waals surface area contributed by atoms with Crippen LogP contribution in [0.5, 0.6) is 0 Å². The van der Waals surface area contributed by atoms with Gasteiger partial charge in [-0.15, -0.1) is 0 Å². The molecular formula is C15H16AtN5O3. The van der Waals surface area contributed by atoms with E-state index in [1.54, 1.807) is 12.1 Å². The quantitative estimate of drug-likeness (QED) is 0.204. The van der Waals surface area contributed by atoms with Crippen LogP contribution in [0.4, 0.5) is 0 Å². The first-order chi connectivity index (χ1) is 11.4. The molecule has 5 N–H and O–H groups in total. The van der Waals surface area contributed by atoms with E-state index in [4.69, 9.17) is 11.1 Å². The van der Waals surface area contributed by atoms with Gasteiger partial charge in [0.2, 0.25) is 0 Å². The fourth-order valence-corrected chi connectivity index (χ4v) is 3.12. The van der Waals surface area contributed by atoms with Crippen LogP contribution in [0.1, 0.15) is 15.9 Å². The molecule has 24 heavy (non-hydrogen) atoms. The standard InChI is InChI=1S/C15H16AtN5O3/c16-11-6-9(8-20-15(17)18)5-10(7-11)14(24)19-3-4-21-12(22)1-2-13(21)23/h1-2,5-7H,3-4,8H2,(H,19,24)(H4,17,18,20)/i16+1. The third kappa shape index (κ3) is 4.86. The molecule has 0 unspecified atom stereocenters. The van der Waals surface area contributed by atoms with Crippen molar-refractivity contribution in [3.63, 3.8) is 0 Å². The molecule has 1 heterocycles. The van der Waals surface area contributed by atoms with E-state index in [1.165, 1.54) is 36.9 Å². The number of carbonyl (C=O) groups excluding carboxylic acids is 3. The molecule has 8 nitrogen and oxygen atoms in total. The monoisotopic (exact) mass is 525 g/mol. The van der Waals surface area contributed by atoms with Crippen LogP contribution in [-0.4, -0.2) is 41.7 Å². The average Bonchev–Trinajstić information content (AvgIpc) is 2.84. The molecule has 2 rings (SSSR count). The Balaban J connectivity index is 1.93. The summed E-state index contributed by atoms with van der Waals surface area (Å²) in [6.45, 7) is 0.663. The Morgan fingerprint density at radius 1 is 1.17 bits per heavy atom. The summed E-state index contributed by atoms with van der Waals surface area (Å²) in [7, 11) is 0. The molecule has 0 spiro atoms. The first kappa shape index (κ1) is 18.1. The number of nitrogens with zero attached hydrogens (tertiary/aromatic N) is 1. The predicted molar refractivity (Wildman–Crippen MR) is 83.0 cm³/mol. The number of nitrogens with one attached hydrogen (secondary N) is 3. The minimum atomic E-state index is -0.371. The van der Waals surface area contributed by atoms with Crippen LogP contribution in [-0.2, 0) is 16.1 Å². The zero-order chi connectivity index (χ0) is 17.7. The minimum absolute atomic E-state index is 0.129. The molecule has 9 heteroatoms. The summed E-state index contributed by atoms with van der Waals surface area (Å²) in [5, 5.41) is 12.6. The van der Waals surface area contributed by atoms with Crippen molar-refractivity contribution in [3.8, 4) is 0 Å². The maximum absolute atomic E-state index is 12.2. The van der Waals surface area contributed by atoms with Gasteiger partial charge in [-0.3, -0.25) is 0 Å². The fourth-order valence-electron chi connectivity index (χ4n) is 2.12. The topological polar surface area (TPSA) is 128 Å². The number of benzene rings is 1. The number of hydrogen-bond acceptors (Lipinski definition) is 4. The molecule has 1 aliphatic rings. The summed E-state index contributed by atoms with van der Waals surface area (Å²) < 4.78 is 0.956. The molecule has 0 radical (unpaired) electrons. The van der Waals surface area contributed by atoms with E-state index in [2.05, 4.69) is 10.6 Å². The molecule has 0 saturated carbocycles. The first-order valence-electron chi connectivity index (χ1n) is 7.06. The van der Waals surface area contributed by atoms with Gasteiger partial charge in [0.1, 0.15) is 0 Å². The van der Waals surface area contributed by atoms with E-state index in [0.29, 0.717) is 12.1 Å². The number of imide groups is 1. The molecule has 3 amide bonds. The van der Waals surface area contributed by atoms with E-state index in [1.807, 2.05) is 6.07 Å². The third-order valence-corrected chi connectivity index (χ3v) is 4.07. The molecule has 0 aromatic heterocycles. The van der Waals surface area contributed by atoms with Gasteiger partial charge >= 0.3 is 154 Å². The van der Waals surface area contributed by atoms with E-state index >= 15 is 0 Å². The molecule has 126 valence electrons. The van der Waals surface area contributed by atoms with Gasteiger partial charge in [-0.25, -0.2) is 0 Å². The third-order valence-electron chi connectivity index (χ3n) is 3.22. The van der Waals surface area contributed by atoms with Crippen molar-refractivity contribution >= 4 is 27.0 Å². The van der Waals surface area contributed by atoms with Crippen molar-refractivity contribution in [1.82, 2.24) is 15.5 Å². The van der Waals surface area contributed by atoms with Gasteiger partial charge < -0.3 is 0 Å². The van der Waals surface area contributed by atoms with Gasteiger partial charge in [-0.05, 0) is 0 Å². The number of carbonyl (C=O) groups is 3. The normalized spacial score (nSPS) is 13.3. The van der Waals surface area contributed by atoms with E-state index in [-0.39, 0.29) is 36.8 Å². The Bertz CT molecular complexity index is 714. The summed E-state index contributed by atoms with van der Waals surface area (Å²) in [6.07, 6.45) is 2.42. The SMILES string of the molecule is N=C(N)NCc1cc([211At])cc(C(=O)NCCN2C(=O)C=CC2=O)c1. The van der Waals surface area contributed by atoms with E-state index in [9.17, 15) is 14.4 Å². The summed E-state index contributed by atoms with van der Waals surface area (Å²) in [5.74, 6) is -1.17. The fraction of sp³-hybridized carbons (Fsp3) is 0.200. The molecule has 1 aromatic carbocycles. The van der Waals surface area contributed by atoms with Crippen molar-refractivity contribution in [2.45, 2.75) is 6.54 Å². The van der Waals surface area contributed by atoms with Crippen LogP contribution in [0.25, 0.3) is 0 Å². The summed E-state index contributed by atoms with van der Waals surface area (Å²) >= 11 is 1.43. The Hall–Kier alpha value is -2.28. The van der Waals surface area contributed by atoms with Crippen LogP contribution < -0.4 is 19.6 Å². The molecule has 0 saturated heterocycles. The van der Waals surface area contributed by atoms with E-state index < -0.39 is 0 Å². The number of rotatable bonds is 6. The van der Waals surface area contributed by atoms with Crippen LogP contribution >= 0.6 is 0 Å². The molecule has 1 aliphatic heterocycles. The average molecular weight is 525 g/mol. The molecule has 0 atom stereocenters. The Morgan fingerprint density at radius 2 is 1.83 bits per heavy atom. The predicted octanol–water partition coefficient (Wildman–Crippen LogP) is -1.50. The Labute approximate surface area is 153 Å². The zero-order valence-electron chi connectivity index (χ0n) is 12.6. The molecular weight excluding hydrogens is 509 g/mol. The van der Waals surface area contributed by atoms with Crippen LogP contribution in [0, 0.1) is 30.1 Å². The van der Waals surface area contributed by atoms with Gasteiger partial charge in [-0.2, -0.15) is 0 Å². The molecule has 0 aliphatic carbocycles. The number of guanidine groups is 1. The zero-order valence-corrected chi connectivity index (χ0v) is 15.6. The van der Waals surface area contributed by atoms with Gasteiger partial charge in [0.25, 0.3) is 0 Å². The second-order valence-corrected chi connectivity index (χ2v) is 6.73. The van der Waals surface area contributed by atoms with E-state index in [0.717, 1.165) is 13.7 Å². The van der Waals surface area contributed by atoms with Gasteiger partial charge in [-0.1, -0.05) is 0 Å². The van der Waals surface area contributed by atoms with Crippen molar-refractivity contribution in [2.75, 3.05) is 13.1 Å². The maximum atomic E-state index is 12.2. The molecule has 1 aromatic rings. The number of nitrogens with two attached hydrogens (primary N) is 1. The second kappa shape index (κ2) is 8.01. The molecule has 0 bridgehead atoms. The van der Waals surface area contributed by atoms with Gasteiger partial charge in [0, 0.05) is 0 Å². The van der Waals surface area contributed by atoms with Crippen LogP contribution in [0.15, 0.2) is 30.4 Å². The Morgan fingerprint density at radius 3 is 2.46 bits per heavy atom. The van der Waals surface area contributed by atoms with Crippen molar-refractivity contribution in [2.24, 2.45) is 5.73 Å². The Kier molecular flexibility index (Phi) is 6.03. The van der Waals surface area contributed by atoms with Crippen molar-refractivity contribution < 1.29 is 39.1 Å². The van der Waals surface area contributed by atoms with Crippen molar-refractivity contribution in [3.05, 3.63) is 41.5 Å².